The van der Waals surface area contributed by atoms with Crippen LogP contribution in [0.15, 0.2) is 38.5 Å². The molecule has 0 aliphatic rings. The summed E-state index contributed by atoms with van der Waals surface area (Å²) in [5.41, 5.74) is -0.708. The minimum Gasteiger partial charge on any atom is -0.506 e. The van der Waals surface area contributed by atoms with Crippen molar-refractivity contribution in [2.24, 2.45) is 4.99 Å². The van der Waals surface area contributed by atoms with Gasteiger partial charge in [-0.05, 0) is 38.1 Å². The van der Waals surface area contributed by atoms with Gasteiger partial charge in [-0.1, -0.05) is 0 Å². The third kappa shape index (κ3) is 3.32. The Kier molecular flexibility index (Phi) is 4.78. The first kappa shape index (κ1) is 16.9. The number of benzene rings is 1. The Labute approximate surface area is 136 Å². The number of amides is 1. The highest BCUT2D eigenvalue weighted by molar-refractivity contribution is 6.07. The van der Waals surface area contributed by atoms with E-state index in [4.69, 9.17) is 0 Å². The molecule has 0 radical (unpaired) electrons. The number of aromatic hydroxyl groups is 2. The van der Waals surface area contributed by atoms with Crippen molar-refractivity contribution in [3.63, 3.8) is 0 Å². The smallest absolute Gasteiger partial charge is 0.351 e. The number of anilines is 1. The van der Waals surface area contributed by atoms with E-state index in [9.17, 15) is 24.6 Å². The van der Waals surface area contributed by atoms with Crippen molar-refractivity contribution >= 4 is 29.3 Å². The van der Waals surface area contributed by atoms with Crippen molar-refractivity contribution < 1.29 is 24.2 Å². The van der Waals surface area contributed by atoms with Crippen LogP contribution in [0.2, 0.25) is 0 Å². The lowest BCUT2D eigenvalue weighted by atomic mass is 10.1. The molecule has 24 heavy (non-hydrogen) atoms. The Morgan fingerprint density at radius 2 is 1.79 bits per heavy atom. The molecule has 2 rings (SSSR count). The monoisotopic (exact) mass is 330 g/mol. The van der Waals surface area contributed by atoms with Crippen LogP contribution in [0.25, 0.3) is 0 Å². The summed E-state index contributed by atoms with van der Waals surface area (Å²) in [7, 11) is 0. The Morgan fingerprint density at radius 1 is 1.17 bits per heavy atom. The van der Waals surface area contributed by atoms with E-state index < -0.39 is 28.7 Å². The van der Waals surface area contributed by atoms with Crippen LogP contribution in [0.1, 0.15) is 29.8 Å². The number of aliphatic imine (C=N–C) groups is 1. The van der Waals surface area contributed by atoms with E-state index in [0.29, 0.717) is 17.8 Å². The fourth-order valence-corrected chi connectivity index (χ4v) is 2.10. The van der Waals surface area contributed by atoms with Crippen LogP contribution in [0.5, 0.6) is 11.7 Å². The SMILES string of the molecule is CC(=O)c1c(O)oc(=O)c(C(C)=Nc2ccc(NC=O)cc2)c1O. The van der Waals surface area contributed by atoms with Crippen LogP contribution in [0, 0.1) is 0 Å². The van der Waals surface area contributed by atoms with Gasteiger partial charge in [-0.15, -0.1) is 0 Å². The number of carbonyl (C=O) groups excluding carboxylic acids is 2. The minimum absolute atomic E-state index is 0.0971. The molecule has 3 N–H and O–H groups in total. The van der Waals surface area contributed by atoms with Crippen molar-refractivity contribution in [2.75, 3.05) is 5.32 Å². The summed E-state index contributed by atoms with van der Waals surface area (Å²) in [6.07, 6.45) is 0.534. The van der Waals surface area contributed by atoms with Crippen LogP contribution in [-0.2, 0) is 4.79 Å². The largest absolute Gasteiger partial charge is 0.506 e. The molecule has 0 fully saturated rings. The molecule has 0 saturated carbocycles. The van der Waals surface area contributed by atoms with Gasteiger partial charge in [-0.25, -0.2) is 4.79 Å². The van der Waals surface area contributed by atoms with Gasteiger partial charge in [-0.3, -0.25) is 14.6 Å². The number of nitrogens with one attached hydrogen (secondary N) is 1. The Hall–Kier alpha value is -3.42. The summed E-state index contributed by atoms with van der Waals surface area (Å²) in [6, 6.07) is 6.36. The zero-order chi connectivity index (χ0) is 17.9. The molecule has 2 aromatic rings. The first-order chi connectivity index (χ1) is 11.3. The summed E-state index contributed by atoms with van der Waals surface area (Å²) in [6.45, 7) is 2.56. The van der Waals surface area contributed by atoms with Crippen molar-refractivity contribution in [3.8, 4) is 11.7 Å². The quantitative estimate of drug-likeness (QED) is 0.436. The second-order valence-electron chi connectivity index (χ2n) is 4.86. The molecule has 0 aliphatic heterocycles. The van der Waals surface area contributed by atoms with E-state index in [1.165, 1.54) is 6.92 Å². The molecule has 0 atom stereocenters. The second kappa shape index (κ2) is 6.78. The van der Waals surface area contributed by atoms with E-state index in [2.05, 4.69) is 14.7 Å². The number of rotatable bonds is 5. The molecule has 8 nitrogen and oxygen atoms in total. The van der Waals surface area contributed by atoms with Gasteiger partial charge in [0, 0.05) is 5.69 Å². The zero-order valence-corrected chi connectivity index (χ0v) is 12.9. The van der Waals surface area contributed by atoms with Gasteiger partial charge in [-0.2, -0.15) is 0 Å². The highest BCUT2D eigenvalue weighted by Crippen LogP contribution is 2.29. The number of hydrogen-bond acceptors (Lipinski definition) is 7. The molecule has 1 aromatic heterocycles. The fraction of sp³-hybridized carbons (Fsp3) is 0.125. The minimum atomic E-state index is -1.02. The summed E-state index contributed by atoms with van der Waals surface area (Å²) in [4.78, 5) is 37.9. The maximum absolute atomic E-state index is 11.9. The van der Waals surface area contributed by atoms with E-state index in [1.807, 2.05) is 0 Å². The number of Topliss-reactive ketones (excluding diaryl/α,β-unsaturated/α-hetero) is 1. The van der Waals surface area contributed by atoms with Gasteiger partial charge in [0.2, 0.25) is 6.41 Å². The molecule has 1 heterocycles. The van der Waals surface area contributed by atoms with Crippen molar-refractivity contribution in [1.29, 1.82) is 0 Å². The zero-order valence-electron chi connectivity index (χ0n) is 12.9. The van der Waals surface area contributed by atoms with Gasteiger partial charge in [0.15, 0.2) is 5.78 Å². The predicted molar refractivity (Wildman–Crippen MR) is 86.3 cm³/mol. The van der Waals surface area contributed by atoms with Gasteiger partial charge >= 0.3 is 5.63 Å². The topological polar surface area (TPSA) is 129 Å². The van der Waals surface area contributed by atoms with Crippen LogP contribution in [0.4, 0.5) is 11.4 Å². The maximum Gasteiger partial charge on any atom is 0.351 e. The van der Waals surface area contributed by atoms with Crippen molar-refractivity contribution in [1.82, 2.24) is 0 Å². The first-order valence-corrected chi connectivity index (χ1v) is 6.81. The molecule has 1 amide bonds. The molecule has 0 saturated heterocycles. The van der Waals surface area contributed by atoms with Gasteiger partial charge in [0.1, 0.15) is 16.9 Å². The van der Waals surface area contributed by atoms with Crippen molar-refractivity contribution in [3.05, 3.63) is 45.8 Å². The Morgan fingerprint density at radius 3 is 2.33 bits per heavy atom. The molecule has 124 valence electrons. The lowest BCUT2D eigenvalue weighted by molar-refractivity contribution is -0.105. The second-order valence-corrected chi connectivity index (χ2v) is 4.86. The van der Waals surface area contributed by atoms with Crippen LogP contribution in [0.3, 0.4) is 0 Å². The van der Waals surface area contributed by atoms with Crippen molar-refractivity contribution in [2.45, 2.75) is 13.8 Å². The lowest BCUT2D eigenvalue weighted by Crippen LogP contribution is -2.15. The third-order valence-corrected chi connectivity index (χ3v) is 3.18. The molecule has 8 heteroatoms. The summed E-state index contributed by atoms with van der Waals surface area (Å²) in [5.74, 6) is -2.28. The number of nitrogens with zero attached hydrogens (tertiary/aromatic N) is 1. The molecular weight excluding hydrogens is 316 g/mol. The molecule has 0 aliphatic carbocycles. The highest BCUT2D eigenvalue weighted by atomic mass is 16.5. The van der Waals surface area contributed by atoms with Gasteiger partial charge in [0.25, 0.3) is 5.95 Å². The van der Waals surface area contributed by atoms with Crippen LogP contribution >= 0.6 is 0 Å². The number of ketones is 1. The summed E-state index contributed by atoms with van der Waals surface area (Å²) >= 11 is 0. The first-order valence-electron chi connectivity index (χ1n) is 6.81. The lowest BCUT2D eigenvalue weighted by Gasteiger charge is -2.07. The maximum atomic E-state index is 11.9. The molecule has 0 bridgehead atoms. The standard InChI is InChI=1S/C16H14N2O6/c1-8(18-11-5-3-10(4-6-11)17-7-19)12-14(21)13(9(2)20)16(23)24-15(12)22/h3-7,21,23H,1-2H3,(H,17,19). The average molecular weight is 330 g/mol. The van der Waals surface area contributed by atoms with Gasteiger partial charge < -0.3 is 19.9 Å². The van der Waals surface area contributed by atoms with Gasteiger partial charge in [0.05, 0.1) is 11.4 Å². The third-order valence-electron chi connectivity index (χ3n) is 3.18. The Bertz CT molecular complexity index is 881. The average Bonchev–Trinajstić information content (AvgIpc) is 2.48. The molecule has 0 unspecified atom stereocenters. The normalized spacial score (nSPS) is 11.2. The highest BCUT2D eigenvalue weighted by Gasteiger charge is 2.23. The van der Waals surface area contributed by atoms with E-state index in [1.54, 1.807) is 24.3 Å². The van der Waals surface area contributed by atoms with Crippen LogP contribution < -0.4 is 10.9 Å². The summed E-state index contributed by atoms with van der Waals surface area (Å²) < 4.78 is 4.58. The molecule has 1 aromatic carbocycles. The van der Waals surface area contributed by atoms with E-state index in [-0.39, 0.29) is 11.3 Å². The number of carbonyl (C=O) groups is 2. The molecular formula is C16H14N2O6. The summed E-state index contributed by atoms with van der Waals surface area (Å²) in [5, 5.41) is 22.1. The van der Waals surface area contributed by atoms with Crippen LogP contribution in [-0.4, -0.2) is 28.1 Å². The predicted octanol–water partition coefficient (Wildman–Crippen LogP) is 1.96. The Balaban J connectivity index is 2.51. The van der Waals surface area contributed by atoms with E-state index >= 15 is 0 Å². The van der Waals surface area contributed by atoms with E-state index in [0.717, 1.165) is 6.92 Å². The number of hydrogen-bond donors (Lipinski definition) is 3. The molecule has 0 spiro atoms. The fourth-order valence-electron chi connectivity index (χ4n) is 2.10.